The van der Waals surface area contributed by atoms with Crippen molar-refractivity contribution in [1.29, 1.82) is 0 Å². The Balaban J connectivity index is 2.29. The fraction of sp³-hybridized carbons (Fsp3) is 0.167. The maximum Gasteiger partial charge on any atom is 0.162 e. The predicted molar refractivity (Wildman–Crippen MR) is 85.0 cm³/mol. The summed E-state index contributed by atoms with van der Waals surface area (Å²) in [6.45, 7) is 3.64. The van der Waals surface area contributed by atoms with Gasteiger partial charge in [-0.1, -0.05) is 29.8 Å². The van der Waals surface area contributed by atoms with Crippen LogP contribution < -0.4 is 4.74 Å². The van der Waals surface area contributed by atoms with Gasteiger partial charge in [-0.3, -0.25) is 4.79 Å². The Morgan fingerprint density at radius 1 is 1.10 bits per heavy atom. The molecule has 0 aliphatic heterocycles. The summed E-state index contributed by atoms with van der Waals surface area (Å²) in [5.74, 6) is 0.796. The number of Topliss-reactive ketones (excluding diaryl/α,β-unsaturated/α-hetero) is 1. The van der Waals surface area contributed by atoms with Crippen molar-refractivity contribution in [2.24, 2.45) is 0 Å². The van der Waals surface area contributed by atoms with Crippen LogP contribution in [0, 0.1) is 6.92 Å². The van der Waals surface area contributed by atoms with Crippen LogP contribution in [-0.4, -0.2) is 17.9 Å². The molecule has 0 saturated carbocycles. The third-order valence-electron chi connectivity index (χ3n) is 3.70. The molecule has 0 saturated heterocycles. The topological polar surface area (TPSA) is 42.1 Å². The van der Waals surface area contributed by atoms with Gasteiger partial charge in [-0.2, -0.15) is 0 Å². The van der Waals surface area contributed by atoms with Crippen molar-refractivity contribution in [3.05, 3.63) is 53.6 Å². The minimum Gasteiger partial charge on any atom is -0.497 e. The van der Waals surface area contributed by atoms with Crippen LogP contribution in [0.4, 0.5) is 0 Å². The van der Waals surface area contributed by atoms with Crippen molar-refractivity contribution in [3.63, 3.8) is 0 Å². The number of ketones is 1. The third kappa shape index (κ3) is 2.31. The third-order valence-corrected chi connectivity index (χ3v) is 3.70. The lowest BCUT2D eigenvalue weighted by Crippen LogP contribution is -1.94. The molecule has 1 aromatic heterocycles. The lowest BCUT2D eigenvalue weighted by atomic mass is 10.0. The quantitative estimate of drug-likeness (QED) is 0.724. The summed E-state index contributed by atoms with van der Waals surface area (Å²) >= 11 is 0. The molecule has 3 aromatic rings. The number of aromatic nitrogens is 1. The number of nitrogens with one attached hydrogen (secondary N) is 1. The Labute approximate surface area is 123 Å². The maximum atomic E-state index is 12.1. The number of hydrogen-bond donors (Lipinski definition) is 1. The summed E-state index contributed by atoms with van der Waals surface area (Å²) in [7, 11) is 1.63. The average molecular weight is 279 g/mol. The maximum absolute atomic E-state index is 12.1. The summed E-state index contributed by atoms with van der Waals surface area (Å²) in [5.41, 5.74) is 4.73. The Morgan fingerprint density at radius 3 is 2.43 bits per heavy atom. The average Bonchev–Trinajstić information content (AvgIpc) is 2.86. The van der Waals surface area contributed by atoms with Crippen LogP contribution in [0.2, 0.25) is 0 Å². The van der Waals surface area contributed by atoms with E-state index in [1.165, 1.54) is 5.56 Å². The second-order valence-electron chi connectivity index (χ2n) is 5.21. The molecule has 0 spiro atoms. The van der Waals surface area contributed by atoms with E-state index in [4.69, 9.17) is 4.74 Å². The molecule has 1 heterocycles. The first-order valence-electron chi connectivity index (χ1n) is 6.88. The van der Waals surface area contributed by atoms with Crippen molar-refractivity contribution >= 4 is 16.7 Å². The zero-order valence-electron chi connectivity index (χ0n) is 12.4. The van der Waals surface area contributed by atoms with Crippen LogP contribution in [0.1, 0.15) is 22.8 Å². The summed E-state index contributed by atoms with van der Waals surface area (Å²) < 4.78 is 5.26. The normalized spacial score (nSPS) is 10.8. The predicted octanol–water partition coefficient (Wildman–Crippen LogP) is 4.35. The van der Waals surface area contributed by atoms with Gasteiger partial charge in [0.1, 0.15) is 5.75 Å². The number of benzene rings is 2. The summed E-state index contributed by atoms with van der Waals surface area (Å²) in [4.78, 5) is 15.5. The number of H-pyrrole nitrogens is 1. The lowest BCUT2D eigenvalue weighted by Gasteiger charge is -2.03. The van der Waals surface area contributed by atoms with E-state index >= 15 is 0 Å². The molecule has 0 bridgehead atoms. The Hall–Kier alpha value is -2.55. The molecule has 0 amide bonds. The van der Waals surface area contributed by atoms with Crippen molar-refractivity contribution in [3.8, 4) is 17.0 Å². The smallest absolute Gasteiger partial charge is 0.162 e. The van der Waals surface area contributed by atoms with Gasteiger partial charge in [0.05, 0.1) is 18.4 Å². The van der Waals surface area contributed by atoms with E-state index in [2.05, 4.69) is 4.98 Å². The van der Waals surface area contributed by atoms with Gasteiger partial charge >= 0.3 is 0 Å². The number of methoxy groups -OCH3 is 1. The first kappa shape index (κ1) is 13.4. The number of aromatic amines is 1. The molecule has 0 atom stereocenters. The Bertz CT molecular complexity index is 813. The minimum absolute atomic E-state index is 0.0464. The molecular weight excluding hydrogens is 262 g/mol. The van der Waals surface area contributed by atoms with Crippen LogP contribution in [-0.2, 0) is 0 Å². The molecule has 0 unspecified atom stereocenters. The number of ether oxygens (including phenoxy) is 1. The monoisotopic (exact) mass is 279 g/mol. The lowest BCUT2D eigenvalue weighted by molar-refractivity contribution is 0.102. The molecule has 0 aliphatic carbocycles. The van der Waals surface area contributed by atoms with Crippen LogP contribution in [0.25, 0.3) is 22.2 Å². The van der Waals surface area contributed by atoms with Crippen LogP contribution >= 0.6 is 0 Å². The van der Waals surface area contributed by atoms with Crippen molar-refractivity contribution in [2.75, 3.05) is 7.11 Å². The van der Waals surface area contributed by atoms with Gasteiger partial charge in [0, 0.05) is 10.9 Å². The molecule has 2 aromatic carbocycles. The van der Waals surface area contributed by atoms with E-state index in [-0.39, 0.29) is 5.78 Å². The van der Waals surface area contributed by atoms with Gasteiger partial charge in [0.25, 0.3) is 0 Å². The van der Waals surface area contributed by atoms with E-state index in [1.54, 1.807) is 14.0 Å². The van der Waals surface area contributed by atoms with E-state index in [9.17, 15) is 4.79 Å². The molecule has 106 valence electrons. The molecule has 0 radical (unpaired) electrons. The second-order valence-corrected chi connectivity index (χ2v) is 5.21. The number of carbonyl (C=O) groups excluding carboxylic acids is 1. The highest BCUT2D eigenvalue weighted by Gasteiger charge is 2.17. The zero-order chi connectivity index (χ0) is 15.0. The van der Waals surface area contributed by atoms with E-state index in [0.29, 0.717) is 5.56 Å². The Kier molecular flexibility index (Phi) is 3.26. The minimum atomic E-state index is 0.0464. The van der Waals surface area contributed by atoms with Gasteiger partial charge in [-0.05, 0) is 37.6 Å². The van der Waals surface area contributed by atoms with Gasteiger partial charge in [0.2, 0.25) is 0 Å². The van der Waals surface area contributed by atoms with Crippen LogP contribution in [0.15, 0.2) is 42.5 Å². The molecule has 21 heavy (non-hydrogen) atoms. The second kappa shape index (κ2) is 5.09. The molecule has 0 aliphatic rings. The highest BCUT2D eigenvalue weighted by atomic mass is 16.5. The van der Waals surface area contributed by atoms with Crippen molar-refractivity contribution in [1.82, 2.24) is 4.98 Å². The number of aryl methyl sites for hydroxylation is 1. The first-order valence-corrected chi connectivity index (χ1v) is 6.88. The number of fused-ring (bicyclic) bond motifs is 1. The van der Waals surface area contributed by atoms with Crippen LogP contribution in [0.3, 0.4) is 0 Å². The van der Waals surface area contributed by atoms with E-state index < -0.39 is 0 Å². The van der Waals surface area contributed by atoms with Crippen molar-refractivity contribution < 1.29 is 9.53 Å². The highest BCUT2D eigenvalue weighted by molar-refractivity contribution is 6.12. The molecule has 1 N–H and O–H groups in total. The summed E-state index contributed by atoms with van der Waals surface area (Å²) in [6.07, 6.45) is 0. The van der Waals surface area contributed by atoms with Gasteiger partial charge in [-0.15, -0.1) is 0 Å². The number of hydrogen-bond acceptors (Lipinski definition) is 2. The molecular formula is C18H17NO2. The molecule has 3 heteroatoms. The standard InChI is InChI=1S/C18H17NO2/c1-11-4-6-13(7-5-11)18-17(12(2)20)15-10-14(21-3)8-9-16(15)19-18/h4-10,19H,1-3H3. The van der Waals surface area contributed by atoms with Crippen molar-refractivity contribution in [2.45, 2.75) is 13.8 Å². The highest BCUT2D eigenvalue weighted by Crippen LogP contribution is 2.32. The SMILES string of the molecule is COc1ccc2[nH]c(-c3ccc(C)cc3)c(C(C)=O)c2c1. The Morgan fingerprint density at radius 2 is 1.81 bits per heavy atom. The molecule has 0 fully saturated rings. The fourth-order valence-electron chi connectivity index (χ4n) is 2.60. The van der Waals surface area contributed by atoms with Gasteiger partial charge in [-0.25, -0.2) is 0 Å². The number of rotatable bonds is 3. The van der Waals surface area contributed by atoms with E-state index in [1.807, 2.05) is 49.4 Å². The van der Waals surface area contributed by atoms with E-state index in [0.717, 1.165) is 27.9 Å². The fourth-order valence-corrected chi connectivity index (χ4v) is 2.60. The largest absolute Gasteiger partial charge is 0.497 e. The van der Waals surface area contributed by atoms with Gasteiger partial charge in [0.15, 0.2) is 5.78 Å². The zero-order valence-corrected chi connectivity index (χ0v) is 12.4. The first-order chi connectivity index (χ1) is 10.1. The number of carbonyl (C=O) groups is 1. The molecule has 3 nitrogen and oxygen atoms in total. The molecule has 3 rings (SSSR count). The summed E-state index contributed by atoms with van der Waals surface area (Å²) in [5, 5.41) is 0.900. The summed E-state index contributed by atoms with van der Waals surface area (Å²) in [6, 6.07) is 13.9. The van der Waals surface area contributed by atoms with Gasteiger partial charge < -0.3 is 9.72 Å². The van der Waals surface area contributed by atoms with Crippen LogP contribution in [0.5, 0.6) is 5.75 Å².